The van der Waals surface area contributed by atoms with Gasteiger partial charge in [-0.1, -0.05) is 11.2 Å². The number of ether oxygens (including phenoxy) is 1. The Labute approximate surface area is 118 Å². The van der Waals surface area contributed by atoms with Crippen LogP contribution in [0.15, 0.2) is 29.6 Å². The normalized spacial score (nSPS) is 12.1. The van der Waals surface area contributed by atoms with E-state index < -0.39 is 11.7 Å². The molecule has 0 bridgehead atoms. The van der Waals surface area contributed by atoms with Crippen molar-refractivity contribution in [3.63, 3.8) is 0 Å². The molecule has 0 aliphatic rings. The Kier molecular flexibility index (Phi) is 5.96. The van der Waals surface area contributed by atoms with E-state index in [4.69, 9.17) is 9.94 Å². The van der Waals surface area contributed by atoms with Gasteiger partial charge in [0.05, 0.1) is 5.69 Å². The molecule has 1 aromatic rings. The van der Waals surface area contributed by atoms with Crippen molar-refractivity contribution < 1.29 is 14.7 Å². The SMILES string of the molecule is CC(C)(C)OC(=O)NCCC/C(=N/O)c1ccccn1. The molecule has 2 N–H and O–H groups in total. The fraction of sp³-hybridized carbons (Fsp3) is 0.500. The van der Waals surface area contributed by atoms with Crippen LogP contribution in [0.3, 0.4) is 0 Å². The van der Waals surface area contributed by atoms with Crippen LogP contribution in [0, 0.1) is 0 Å². The summed E-state index contributed by atoms with van der Waals surface area (Å²) in [5, 5.41) is 14.9. The molecule has 1 heterocycles. The number of carbonyl (C=O) groups is 1. The summed E-state index contributed by atoms with van der Waals surface area (Å²) in [4.78, 5) is 15.5. The van der Waals surface area contributed by atoms with Crippen LogP contribution in [0.1, 0.15) is 39.3 Å². The van der Waals surface area contributed by atoms with E-state index in [1.807, 2.05) is 26.8 Å². The van der Waals surface area contributed by atoms with Crippen LogP contribution in [0.4, 0.5) is 4.79 Å². The highest BCUT2D eigenvalue weighted by Gasteiger charge is 2.15. The molecular weight excluding hydrogens is 258 g/mol. The summed E-state index contributed by atoms with van der Waals surface area (Å²) >= 11 is 0. The maximum Gasteiger partial charge on any atom is 0.407 e. The van der Waals surface area contributed by atoms with Gasteiger partial charge >= 0.3 is 6.09 Å². The quantitative estimate of drug-likeness (QED) is 0.375. The fourth-order valence-electron chi connectivity index (χ4n) is 1.52. The van der Waals surface area contributed by atoms with E-state index in [2.05, 4.69) is 15.5 Å². The summed E-state index contributed by atoms with van der Waals surface area (Å²) < 4.78 is 5.11. The zero-order chi connectivity index (χ0) is 15.0. The van der Waals surface area contributed by atoms with Crippen LogP contribution in [0.5, 0.6) is 0 Å². The third kappa shape index (κ3) is 6.17. The van der Waals surface area contributed by atoms with Crippen LogP contribution in [-0.4, -0.2) is 34.1 Å². The summed E-state index contributed by atoms with van der Waals surface area (Å²) in [6.45, 7) is 5.87. The van der Waals surface area contributed by atoms with Gasteiger partial charge in [-0.2, -0.15) is 0 Å². The summed E-state index contributed by atoms with van der Waals surface area (Å²) in [6.07, 6.45) is 2.34. The summed E-state index contributed by atoms with van der Waals surface area (Å²) in [6, 6.07) is 5.39. The standard InChI is InChI=1S/C14H21N3O3/c1-14(2,3)20-13(18)16-10-6-8-12(17-19)11-7-4-5-9-15-11/h4-5,7,9,19H,6,8,10H2,1-3H3,(H,16,18)/b17-12-. The Balaban J connectivity index is 2.32. The van der Waals surface area contributed by atoms with Crippen molar-refractivity contribution in [2.45, 2.75) is 39.2 Å². The predicted octanol–water partition coefficient (Wildman–Crippen LogP) is 2.56. The molecule has 1 amide bonds. The molecule has 0 spiro atoms. The van der Waals surface area contributed by atoms with Crippen molar-refractivity contribution in [2.24, 2.45) is 5.16 Å². The minimum atomic E-state index is -0.504. The monoisotopic (exact) mass is 279 g/mol. The number of amides is 1. The number of hydrogen-bond donors (Lipinski definition) is 2. The molecule has 0 radical (unpaired) electrons. The molecule has 0 unspecified atom stereocenters. The first kappa shape index (κ1) is 15.9. The van der Waals surface area contributed by atoms with E-state index in [1.54, 1.807) is 18.3 Å². The number of hydrogen-bond acceptors (Lipinski definition) is 5. The van der Waals surface area contributed by atoms with Crippen LogP contribution in [0.25, 0.3) is 0 Å². The number of pyridine rings is 1. The lowest BCUT2D eigenvalue weighted by molar-refractivity contribution is 0.0527. The lowest BCUT2D eigenvalue weighted by atomic mass is 10.1. The van der Waals surface area contributed by atoms with Gasteiger partial charge in [-0.05, 0) is 45.7 Å². The molecule has 0 saturated heterocycles. The molecule has 1 aromatic heterocycles. The lowest BCUT2D eigenvalue weighted by Gasteiger charge is -2.19. The van der Waals surface area contributed by atoms with Crippen LogP contribution < -0.4 is 5.32 Å². The van der Waals surface area contributed by atoms with Crippen molar-refractivity contribution in [2.75, 3.05) is 6.54 Å². The average molecular weight is 279 g/mol. The topological polar surface area (TPSA) is 83.8 Å². The molecule has 0 fully saturated rings. The van der Waals surface area contributed by atoms with Gasteiger partial charge in [0.2, 0.25) is 0 Å². The van der Waals surface area contributed by atoms with Crippen molar-refractivity contribution in [3.05, 3.63) is 30.1 Å². The molecule has 6 heteroatoms. The maximum atomic E-state index is 11.4. The summed E-state index contributed by atoms with van der Waals surface area (Å²) in [7, 11) is 0. The summed E-state index contributed by atoms with van der Waals surface area (Å²) in [5.41, 5.74) is 0.624. The second-order valence-corrected chi connectivity index (χ2v) is 5.29. The Bertz CT molecular complexity index is 452. The largest absolute Gasteiger partial charge is 0.444 e. The van der Waals surface area contributed by atoms with Crippen LogP contribution in [0.2, 0.25) is 0 Å². The van der Waals surface area contributed by atoms with Crippen LogP contribution >= 0.6 is 0 Å². The molecule has 1 rings (SSSR count). The highest BCUT2D eigenvalue weighted by molar-refractivity contribution is 5.98. The third-order valence-corrected chi connectivity index (χ3v) is 2.34. The van der Waals surface area contributed by atoms with Gasteiger partial charge < -0.3 is 15.3 Å². The average Bonchev–Trinajstić information content (AvgIpc) is 2.38. The zero-order valence-corrected chi connectivity index (χ0v) is 12.1. The third-order valence-electron chi connectivity index (χ3n) is 2.34. The van der Waals surface area contributed by atoms with Gasteiger partial charge in [-0.3, -0.25) is 4.98 Å². The highest BCUT2D eigenvalue weighted by Crippen LogP contribution is 2.07. The second kappa shape index (κ2) is 7.47. The van der Waals surface area contributed by atoms with Crippen molar-refractivity contribution in [1.82, 2.24) is 10.3 Å². The molecule has 6 nitrogen and oxygen atoms in total. The van der Waals surface area contributed by atoms with E-state index in [0.717, 1.165) is 0 Å². The van der Waals surface area contributed by atoms with E-state index in [9.17, 15) is 4.79 Å². The number of nitrogens with one attached hydrogen (secondary N) is 1. The molecule has 0 aliphatic carbocycles. The number of nitrogens with zero attached hydrogens (tertiary/aromatic N) is 2. The summed E-state index contributed by atoms with van der Waals surface area (Å²) in [5.74, 6) is 0. The number of rotatable bonds is 5. The van der Waals surface area contributed by atoms with E-state index in [0.29, 0.717) is 30.8 Å². The number of alkyl carbamates (subject to hydrolysis) is 1. The Morgan fingerprint density at radius 3 is 2.75 bits per heavy atom. The van der Waals surface area contributed by atoms with Gasteiger partial charge in [-0.25, -0.2) is 4.79 Å². The van der Waals surface area contributed by atoms with Gasteiger partial charge in [0.25, 0.3) is 0 Å². The van der Waals surface area contributed by atoms with Gasteiger partial charge in [-0.15, -0.1) is 0 Å². The Morgan fingerprint density at radius 1 is 1.45 bits per heavy atom. The number of carbonyl (C=O) groups excluding carboxylic acids is 1. The zero-order valence-electron chi connectivity index (χ0n) is 12.1. The van der Waals surface area contributed by atoms with Crippen molar-refractivity contribution in [3.8, 4) is 0 Å². The minimum absolute atomic E-state index is 0.445. The molecule has 110 valence electrons. The second-order valence-electron chi connectivity index (χ2n) is 5.29. The molecule has 20 heavy (non-hydrogen) atoms. The van der Waals surface area contributed by atoms with Crippen LogP contribution in [-0.2, 0) is 4.74 Å². The molecule has 0 atom stereocenters. The number of aromatic nitrogens is 1. The molecule has 0 aliphatic heterocycles. The van der Waals surface area contributed by atoms with E-state index in [-0.39, 0.29) is 0 Å². The minimum Gasteiger partial charge on any atom is -0.444 e. The highest BCUT2D eigenvalue weighted by atomic mass is 16.6. The first-order chi connectivity index (χ1) is 9.42. The van der Waals surface area contributed by atoms with Gasteiger partial charge in [0.1, 0.15) is 11.3 Å². The first-order valence-electron chi connectivity index (χ1n) is 6.51. The van der Waals surface area contributed by atoms with Gasteiger partial charge in [0, 0.05) is 12.7 Å². The van der Waals surface area contributed by atoms with Gasteiger partial charge in [0.15, 0.2) is 0 Å². The van der Waals surface area contributed by atoms with E-state index >= 15 is 0 Å². The predicted molar refractivity (Wildman–Crippen MR) is 76.0 cm³/mol. The smallest absolute Gasteiger partial charge is 0.407 e. The van der Waals surface area contributed by atoms with E-state index in [1.165, 1.54) is 0 Å². The number of oxime groups is 1. The first-order valence-corrected chi connectivity index (χ1v) is 6.51. The molecule has 0 aromatic carbocycles. The molecule has 0 saturated carbocycles. The fourth-order valence-corrected chi connectivity index (χ4v) is 1.52. The maximum absolute atomic E-state index is 11.4. The lowest BCUT2D eigenvalue weighted by Crippen LogP contribution is -2.33. The Hall–Kier alpha value is -2.11. The van der Waals surface area contributed by atoms with Crippen molar-refractivity contribution >= 4 is 11.8 Å². The Morgan fingerprint density at radius 2 is 2.20 bits per heavy atom. The van der Waals surface area contributed by atoms with Crippen molar-refractivity contribution in [1.29, 1.82) is 0 Å². The molecular formula is C14H21N3O3.